The van der Waals surface area contributed by atoms with E-state index in [0.717, 1.165) is 50.3 Å². The highest BCUT2D eigenvalue weighted by Crippen LogP contribution is 2.40. The lowest BCUT2D eigenvalue weighted by atomic mass is 9.99. The molecule has 0 aliphatic rings. The normalized spacial score (nSPS) is 12.1. The van der Waals surface area contributed by atoms with E-state index in [0.29, 0.717) is 5.56 Å². The van der Waals surface area contributed by atoms with Crippen molar-refractivity contribution in [1.29, 1.82) is 0 Å². The van der Waals surface area contributed by atoms with E-state index < -0.39 is 0 Å². The fourth-order valence-corrected chi connectivity index (χ4v) is 6.16. The van der Waals surface area contributed by atoms with Crippen molar-refractivity contribution >= 4 is 44.9 Å². The fraction of sp³-hybridized carbons (Fsp3) is 0. The van der Waals surface area contributed by atoms with Crippen molar-refractivity contribution in [3.05, 3.63) is 206 Å². The van der Waals surface area contributed by atoms with Crippen molar-refractivity contribution in [2.24, 2.45) is 0 Å². The van der Waals surface area contributed by atoms with Crippen LogP contribution in [-0.4, -0.2) is 0 Å². The highest BCUT2D eigenvalue weighted by atomic mass is 15.1. The standard InChI is InChI=1S/C46H34N2/c1-4-15-40(16-5-1)47(41-17-6-2-7-18-41)43-31-27-37(28-32-43)35-23-25-36(26-24-35)38-29-33-44(34-30-38)48(42-19-8-3-9-20-42)46-22-12-14-39-13-10-11-21-45(39)46/h1-34H/i29D,30D,33D,34D. The Balaban J connectivity index is 1.15. The van der Waals surface area contributed by atoms with Gasteiger partial charge in [0.25, 0.3) is 0 Å². The number of hydrogen-bond donors (Lipinski definition) is 0. The third kappa shape index (κ3) is 5.84. The molecule has 0 aliphatic heterocycles. The summed E-state index contributed by atoms with van der Waals surface area (Å²) in [6.45, 7) is 0. The Morgan fingerprint density at radius 3 is 1.27 bits per heavy atom. The first kappa shape index (κ1) is 24.8. The van der Waals surface area contributed by atoms with Gasteiger partial charge in [-0.3, -0.25) is 0 Å². The summed E-state index contributed by atoms with van der Waals surface area (Å²) in [6, 6.07) is 59.9. The molecule has 0 aromatic heterocycles. The second-order valence-electron chi connectivity index (χ2n) is 11.5. The molecule has 228 valence electrons. The third-order valence-corrected chi connectivity index (χ3v) is 8.52. The van der Waals surface area contributed by atoms with E-state index in [1.54, 1.807) is 0 Å². The van der Waals surface area contributed by atoms with Gasteiger partial charge in [0, 0.05) is 33.8 Å². The van der Waals surface area contributed by atoms with Crippen LogP contribution in [0.3, 0.4) is 0 Å². The Labute approximate surface area is 288 Å². The maximum absolute atomic E-state index is 9.28. The van der Waals surface area contributed by atoms with Gasteiger partial charge >= 0.3 is 0 Å². The van der Waals surface area contributed by atoms with Crippen LogP contribution >= 0.6 is 0 Å². The number of benzene rings is 8. The molecule has 0 fully saturated rings. The molecule has 0 aliphatic carbocycles. The second-order valence-corrected chi connectivity index (χ2v) is 11.5. The Morgan fingerprint density at radius 2 is 0.708 bits per heavy atom. The zero-order valence-corrected chi connectivity index (χ0v) is 26.2. The van der Waals surface area contributed by atoms with Crippen LogP contribution in [0.2, 0.25) is 0 Å². The van der Waals surface area contributed by atoms with Crippen LogP contribution in [0.15, 0.2) is 206 Å². The van der Waals surface area contributed by atoms with E-state index in [-0.39, 0.29) is 35.4 Å². The molecule has 0 radical (unpaired) electrons. The van der Waals surface area contributed by atoms with Crippen LogP contribution < -0.4 is 9.80 Å². The van der Waals surface area contributed by atoms with Gasteiger partial charge in [-0.1, -0.05) is 139 Å². The molecular weight excluding hydrogens is 581 g/mol. The molecule has 0 spiro atoms. The highest BCUT2D eigenvalue weighted by Gasteiger charge is 2.15. The van der Waals surface area contributed by atoms with Gasteiger partial charge in [0.15, 0.2) is 0 Å². The molecule has 0 saturated heterocycles. The minimum absolute atomic E-state index is 0.0869. The van der Waals surface area contributed by atoms with Gasteiger partial charge in [-0.05, 0) is 94.3 Å². The quantitative estimate of drug-likeness (QED) is 0.167. The zero-order chi connectivity index (χ0) is 35.6. The predicted octanol–water partition coefficient (Wildman–Crippen LogP) is 13.1. The fourth-order valence-electron chi connectivity index (χ4n) is 6.16. The molecule has 0 saturated carbocycles. The number of nitrogens with zero attached hydrogens (tertiary/aromatic N) is 2. The van der Waals surface area contributed by atoms with Crippen LogP contribution in [0.5, 0.6) is 0 Å². The molecule has 8 aromatic rings. The van der Waals surface area contributed by atoms with Crippen molar-refractivity contribution in [3.63, 3.8) is 0 Å². The summed E-state index contributed by atoms with van der Waals surface area (Å²) in [7, 11) is 0. The third-order valence-electron chi connectivity index (χ3n) is 8.52. The number of para-hydroxylation sites is 3. The Kier molecular flexibility index (Phi) is 6.80. The molecule has 48 heavy (non-hydrogen) atoms. The first-order valence-corrected chi connectivity index (χ1v) is 16.0. The van der Waals surface area contributed by atoms with E-state index in [9.17, 15) is 5.48 Å². The maximum Gasteiger partial charge on any atom is 0.0645 e. The predicted molar refractivity (Wildman–Crippen MR) is 204 cm³/mol. The number of anilines is 6. The summed E-state index contributed by atoms with van der Waals surface area (Å²) in [5.74, 6) is 0. The second kappa shape index (κ2) is 13.2. The SMILES string of the molecule is [2H]c1c([2H])c(N(c2ccccc2)c2cccc3ccccc23)c([2H])c([2H])c1-c1ccc(-c2ccc(N(c3ccccc3)c3ccccc3)cc2)cc1. The summed E-state index contributed by atoms with van der Waals surface area (Å²) >= 11 is 0. The summed E-state index contributed by atoms with van der Waals surface area (Å²) in [6.07, 6.45) is 0. The Hall–Kier alpha value is -6.38. The van der Waals surface area contributed by atoms with E-state index in [2.05, 4.69) is 53.4 Å². The molecule has 0 N–H and O–H groups in total. The summed E-state index contributed by atoms with van der Waals surface area (Å²) in [5, 5.41) is 1.97. The van der Waals surface area contributed by atoms with Crippen molar-refractivity contribution in [2.45, 2.75) is 0 Å². The average molecular weight is 619 g/mol. The smallest absolute Gasteiger partial charge is 0.0645 e. The molecule has 0 amide bonds. The van der Waals surface area contributed by atoms with Gasteiger partial charge in [0.1, 0.15) is 0 Å². The van der Waals surface area contributed by atoms with E-state index in [1.165, 1.54) is 0 Å². The van der Waals surface area contributed by atoms with Gasteiger partial charge in [0.2, 0.25) is 0 Å². The van der Waals surface area contributed by atoms with Crippen molar-refractivity contribution < 1.29 is 5.48 Å². The molecule has 0 unspecified atom stereocenters. The van der Waals surface area contributed by atoms with Gasteiger partial charge in [0.05, 0.1) is 11.2 Å². The van der Waals surface area contributed by atoms with Gasteiger partial charge < -0.3 is 9.80 Å². The number of rotatable bonds is 8. The van der Waals surface area contributed by atoms with Crippen molar-refractivity contribution in [2.75, 3.05) is 9.80 Å². The molecule has 8 aromatic carbocycles. The minimum Gasteiger partial charge on any atom is -0.311 e. The van der Waals surface area contributed by atoms with Crippen LogP contribution in [-0.2, 0) is 0 Å². The van der Waals surface area contributed by atoms with Gasteiger partial charge in [-0.15, -0.1) is 0 Å². The largest absolute Gasteiger partial charge is 0.311 e. The van der Waals surface area contributed by atoms with Crippen LogP contribution in [0.4, 0.5) is 34.1 Å². The maximum atomic E-state index is 9.28. The molecular formula is C46H34N2. The first-order valence-electron chi connectivity index (χ1n) is 18.0. The molecule has 2 nitrogen and oxygen atoms in total. The summed E-state index contributed by atoms with van der Waals surface area (Å²) in [4.78, 5) is 4.06. The highest BCUT2D eigenvalue weighted by molar-refractivity contribution is 5.99. The van der Waals surface area contributed by atoms with Crippen molar-refractivity contribution in [3.8, 4) is 22.3 Å². The first-order chi connectivity index (χ1) is 25.5. The van der Waals surface area contributed by atoms with Gasteiger partial charge in [-0.2, -0.15) is 0 Å². The monoisotopic (exact) mass is 618 g/mol. The lowest BCUT2D eigenvalue weighted by Crippen LogP contribution is -2.10. The number of hydrogen-bond acceptors (Lipinski definition) is 2. The molecule has 8 rings (SSSR count). The topological polar surface area (TPSA) is 6.48 Å². The summed E-state index contributed by atoms with van der Waals surface area (Å²) < 4.78 is 36.9. The lowest BCUT2D eigenvalue weighted by molar-refractivity contribution is 1.28. The molecule has 0 atom stereocenters. The Morgan fingerprint density at radius 1 is 0.292 bits per heavy atom. The lowest BCUT2D eigenvalue weighted by Gasteiger charge is -2.27. The van der Waals surface area contributed by atoms with E-state index in [4.69, 9.17) is 0 Å². The molecule has 0 heterocycles. The van der Waals surface area contributed by atoms with Crippen LogP contribution in [0.25, 0.3) is 33.0 Å². The van der Waals surface area contributed by atoms with E-state index >= 15 is 0 Å². The van der Waals surface area contributed by atoms with Crippen LogP contribution in [0.1, 0.15) is 5.48 Å². The zero-order valence-electron chi connectivity index (χ0n) is 30.2. The average Bonchev–Trinajstić information content (AvgIpc) is 3.20. The minimum atomic E-state index is -0.103. The van der Waals surface area contributed by atoms with Crippen LogP contribution in [0, 0.1) is 0 Å². The van der Waals surface area contributed by atoms with Crippen molar-refractivity contribution in [1.82, 2.24) is 0 Å². The molecule has 0 bridgehead atoms. The number of fused-ring (bicyclic) bond motifs is 1. The molecule has 2 heteroatoms. The summed E-state index contributed by atoms with van der Waals surface area (Å²) in [5.41, 5.74) is 7.82. The van der Waals surface area contributed by atoms with Gasteiger partial charge in [-0.25, -0.2) is 0 Å². The Bertz CT molecular complexity index is 2410. The van der Waals surface area contributed by atoms with E-state index in [1.807, 2.05) is 138 Å².